The van der Waals surface area contributed by atoms with Crippen LogP contribution in [-0.4, -0.2) is 5.78 Å². The lowest BCUT2D eigenvalue weighted by Gasteiger charge is -2.26. The molecule has 0 radical (unpaired) electrons. The highest BCUT2D eigenvalue weighted by Gasteiger charge is 2.36. The number of ketones is 1. The fraction of sp³-hybridized carbons (Fsp3) is 0.500. The third kappa shape index (κ3) is 0.583. The quantitative estimate of drug-likeness (QED) is 0.488. The Kier molecular flexibility index (Phi) is 0.984. The van der Waals surface area contributed by atoms with Crippen molar-refractivity contribution in [2.24, 2.45) is 5.41 Å². The zero-order chi connectivity index (χ0) is 6.36. The molecule has 0 saturated heterocycles. The minimum Gasteiger partial charge on any atom is -0.292 e. The molecule has 44 valence electrons. The van der Waals surface area contributed by atoms with Crippen LogP contribution in [0.1, 0.15) is 13.8 Å². The Morgan fingerprint density at radius 1 is 1.62 bits per heavy atom. The van der Waals surface area contributed by atoms with Crippen molar-refractivity contribution in [1.82, 2.24) is 0 Å². The van der Waals surface area contributed by atoms with Crippen LogP contribution in [0.15, 0.2) is 11.1 Å². The van der Waals surface area contributed by atoms with Crippen LogP contribution in [0.3, 0.4) is 0 Å². The fourth-order valence-corrected chi connectivity index (χ4v) is 1.19. The van der Waals surface area contributed by atoms with Gasteiger partial charge in [-0.3, -0.25) is 4.79 Å². The van der Waals surface area contributed by atoms with E-state index in [9.17, 15) is 4.79 Å². The molecule has 2 heteroatoms. The van der Waals surface area contributed by atoms with Crippen molar-refractivity contribution in [1.29, 1.82) is 0 Å². The first-order valence-corrected chi connectivity index (χ1v) is 2.85. The van der Waals surface area contributed by atoms with Crippen LogP contribution in [0.5, 0.6) is 0 Å². The molecule has 0 amide bonds. The van der Waals surface area contributed by atoms with E-state index < -0.39 is 0 Å². The molecule has 0 aliphatic heterocycles. The van der Waals surface area contributed by atoms with Crippen molar-refractivity contribution in [3.05, 3.63) is 11.1 Å². The molecule has 1 rings (SSSR count). The van der Waals surface area contributed by atoms with E-state index in [2.05, 4.69) is 0 Å². The molecule has 0 atom stereocenters. The fourth-order valence-electron chi connectivity index (χ4n) is 0.678. The Morgan fingerprint density at radius 2 is 2.12 bits per heavy atom. The minimum atomic E-state index is -0.281. The van der Waals surface area contributed by atoms with Gasteiger partial charge < -0.3 is 0 Å². The van der Waals surface area contributed by atoms with Crippen molar-refractivity contribution in [2.75, 3.05) is 0 Å². The lowest BCUT2D eigenvalue weighted by atomic mass is 9.79. The number of halogens is 1. The predicted octanol–water partition coefficient (Wildman–Crippen LogP) is 1.72. The number of carbonyl (C=O) groups excluding carboxylic acids is 1. The molecule has 1 nitrogen and oxygen atoms in total. The van der Waals surface area contributed by atoms with Gasteiger partial charge in [0.25, 0.3) is 0 Å². The van der Waals surface area contributed by atoms with Gasteiger partial charge in [0, 0.05) is 5.41 Å². The van der Waals surface area contributed by atoms with E-state index in [-0.39, 0.29) is 11.2 Å². The van der Waals surface area contributed by atoms with E-state index in [0.717, 1.165) is 0 Å². The second-order valence-electron chi connectivity index (χ2n) is 2.54. The molecule has 1 aliphatic carbocycles. The first kappa shape index (κ1) is 5.83. The normalized spacial score (nSPS) is 24.4. The first-order chi connectivity index (χ1) is 3.54. The van der Waals surface area contributed by atoms with Crippen LogP contribution in [0.2, 0.25) is 0 Å². The summed E-state index contributed by atoms with van der Waals surface area (Å²) in [4.78, 5) is 10.7. The van der Waals surface area contributed by atoms with Crippen LogP contribution in [-0.2, 0) is 4.79 Å². The molecular formula is C6H7ClO. The van der Waals surface area contributed by atoms with E-state index in [0.29, 0.717) is 5.03 Å². The van der Waals surface area contributed by atoms with Crippen molar-refractivity contribution < 1.29 is 4.79 Å². The number of hydrogen-bond acceptors (Lipinski definition) is 1. The molecule has 0 spiro atoms. The molecule has 0 aromatic carbocycles. The van der Waals surface area contributed by atoms with Gasteiger partial charge in [0.15, 0.2) is 5.78 Å². The van der Waals surface area contributed by atoms with Crippen molar-refractivity contribution in [2.45, 2.75) is 13.8 Å². The van der Waals surface area contributed by atoms with Crippen molar-refractivity contribution in [3.8, 4) is 0 Å². The van der Waals surface area contributed by atoms with Gasteiger partial charge in [-0.25, -0.2) is 0 Å². The van der Waals surface area contributed by atoms with Gasteiger partial charge in [-0.1, -0.05) is 11.6 Å². The summed E-state index contributed by atoms with van der Waals surface area (Å²) in [7, 11) is 0. The SMILES string of the molecule is CC1(C)C=C(Cl)C1=O. The van der Waals surface area contributed by atoms with Gasteiger partial charge in [-0.15, -0.1) is 0 Å². The van der Waals surface area contributed by atoms with Gasteiger partial charge in [-0.05, 0) is 19.9 Å². The number of carbonyl (C=O) groups is 1. The zero-order valence-corrected chi connectivity index (χ0v) is 5.62. The Labute approximate surface area is 53.3 Å². The number of allylic oxidation sites excluding steroid dienone is 2. The maximum absolute atomic E-state index is 10.7. The first-order valence-electron chi connectivity index (χ1n) is 2.47. The summed E-state index contributed by atoms with van der Waals surface area (Å²) in [6.45, 7) is 3.70. The molecule has 0 bridgehead atoms. The number of Topliss-reactive ketones (excluding diaryl/α,β-unsaturated/α-hetero) is 1. The molecule has 8 heavy (non-hydrogen) atoms. The molecule has 0 N–H and O–H groups in total. The van der Waals surface area contributed by atoms with Crippen LogP contribution in [0.25, 0.3) is 0 Å². The summed E-state index contributed by atoms with van der Waals surface area (Å²) in [6, 6.07) is 0. The van der Waals surface area contributed by atoms with Gasteiger partial charge in [-0.2, -0.15) is 0 Å². The third-order valence-corrected chi connectivity index (χ3v) is 1.57. The summed E-state index contributed by atoms with van der Waals surface area (Å²) < 4.78 is 0. The number of rotatable bonds is 0. The zero-order valence-electron chi connectivity index (χ0n) is 4.86. The summed E-state index contributed by atoms with van der Waals surface area (Å²) in [5.74, 6) is 0.0548. The highest BCUT2D eigenvalue weighted by molar-refractivity contribution is 6.46. The van der Waals surface area contributed by atoms with Gasteiger partial charge in [0.05, 0.1) is 5.03 Å². The second-order valence-corrected chi connectivity index (χ2v) is 2.95. The average Bonchev–Trinajstić information content (AvgIpc) is 1.65. The summed E-state index contributed by atoms with van der Waals surface area (Å²) in [5, 5.41) is 0.384. The van der Waals surface area contributed by atoms with Crippen LogP contribution in [0.4, 0.5) is 0 Å². The molecule has 0 fully saturated rings. The Morgan fingerprint density at radius 3 is 2.12 bits per heavy atom. The topological polar surface area (TPSA) is 17.1 Å². The highest BCUT2D eigenvalue weighted by atomic mass is 35.5. The Bertz CT molecular complexity index is 167. The molecular weight excluding hydrogens is 124 g/mol. The van der Waals surface area contributed by atoms with Crippen LogP contribution >= 0.6 is 11.6 Å². The molecule has 0 heterocycles. The van der Waals surface area contributed by atoms with Crippen LogP contribution in [0, 0.1) is 5.41 Å². The Balaban J connectivity index is 2.90. The predicted molar refractivity (Wildman–Crippen MR) is 32.7 cm³/mol. The van der Waals surface area contributed by atoms with Gasteiger partial charge in [0.1, 0.15) is 0 Å². The van der Waals surface area contributed by atoms with Gasteiger partial charge >= 0.3 is 0 Å². The van der Waals surface area contributed by atoms with Crippen molar-refractivity contribution >= 4 is 17.4 Å². The maximum atomic E-state index is 10.7. The van der Waals surface area contributed by atoms with E-state index in [1.807, 2.05) is 13.8 Å². The largest absolute Gasteiger partial charge is 0.292 e. The van der Waals surface area contributed by atoms with Gasteiger partial charge in [0.2, 0.25) is 0 Å². The molecule has 0 unspecified atom stereocenters. The van der Waals surface area contributed by atoms with Crippen LogP contribution < -0.4 is 0 Å². The lowest BCUT2D eigenvalue weighted by Crippen LogP contribution is -2.30. The molecule has 1 aliphatic rings. The third-order valence-electron chi connectivity index (χ3n) is 1.29. The molecule has 0 aromatic heterocycles. The minimum absolute atomic E-state index is 0.0548. The number of hydrogen-bond donors (Lipinski definition) is 0. The molecule has 0 saturated carbocycles. The van der Waals surface area contributed by atoms with E-state index in [1.54, 1.807) is 6.08 Å². The summed E-state index contributed by atoms with van der Waals surface area (Å²) in [5.41, 5.74) is -0.281. The monoisotopic (exact) mass is 130 g/mol. The second kappa shape index (κ2) is 1.35. The Hall–Kier alpha value is -0.300. The average molecular weight is 131 g/mol. The lowest BCUT2D eigenvalue weighted by molar-refractivity contribution is -0.122. The smallest absolute Gasteiger partial charge is 0.183 e. The van der Waals surface area contributed by atoms with E-state index in [4.69, 9.17) is 11.6 Å². The van der Waals surface area contributed by atoms with E-state index >= 15 is 0 Å². The molecule has 0 aromatic rings. The summed E-state index contributed by atoms with van der Waals surface area (Å²) in [6.07, 6.45) is 1.76. The maximum Gasteiger partial charge on any atom is 0.183 e. The summed E-state index contributed by atoms with van der Waals surface area (Å²) >= 11 is 5.40. The highest BCUT2D eigenvalue weighted by Crippen LogP contribution is 2.35. The van der Waals surface area contributed by atoms with Crippen molar-refractivity contribution in [3.63, 3.8) is 0 Å². The van der Waals surface area contributed by atoms with E-state index in [1.165, 1.54) is 0 Å². The standard InChI is InChI=1S/C6H7ClO/c1-6(2)3-4(7)5(6)8/h3H,1-2H3.